The standard InChI is InChI=1S/C41H37N3O5.Na/c1-28(40(45)46)44-49-37-22-24-41(25-23-37,31-12-18-35(19-13-31)47-26-33-16-10-29-6-2-4-8-38(29)42-33)32-14-20-36(21-15-32)48-27-34-17-11-30-7-3-5-9-39(30)43-34;/h2-21,37H,22-27H2,1H3,(H,45,46);/b44-28+;. The molecule has 1 saturated carbocycles. The first-order chi connectivity index (χ1) is 23.9. The monoisotopic (exact) mass is 674 g/mol. The Labute approximate surface area is 313 Å². The normalized spacial score (nSPS) is 14.5. The molecule has 7 rings (SSSR count). The molecule has 1 N–H and O–H groups in total. The third-order valence-corrected chi connectivity index (χ3v) is 9.33. The van der Waals surface area contributed by atoms with Crippen LogP contribution in [0.4, 0.5) is 0 Å². The molecule has 0 spiro atoms. The van der Waals surface area contributed by atoms with Crippen molar-refractivity contribution in [1.29, 1.82) is 0 Å². The quantitative estimate of drug-likeness (QED) is 0.0839. The molecule has 8 nitrogen and oxygen atoms in total. The number of rotatable bonds is 11. The minimum absolute atomic E-state index is 0. The van der Waals surface area contributed by atoms with Crippen molar-refractivity contribution in [3.8, 4) is 11.5 Å². The summed E-state index contributed by atoms with van der Waals surface area (Å²) in [7, 11) is 0. The summed E-state index contributed by atoms with van der Waals surface area (Å²) in [4.78, 5) is 26.4. The van der Waals surface area contributed by atoms with Gasteiger partial charge in [-0.05, 0) is 92.3 Å². The Morgan fingerprint density at radius 1 is 0.700 bits per heavy atom. The van der Waals surface area contributed by atoms with Gasteiger partial charge in [0.2, 0.25) is 0 Å². The number of hydrogen-bond acceptors (Lipinski definition) is 7. The van der Waals surface area contributed by atoms with Crippen molar-refractivity contribution in [3.63, 3.8) is 0 Å². The molecular weight excluding hydrogens is 637 g/mol. The number of aliphatic carboxylic acids is 1. The van der Waals surface area contributed by atoms with Gasteiger partial charge in [-0.3, -0.25) is 0 Å². The SMILES string of the molecule is C/C(=N\OC1CCC(c2ccc(OCc3ccc4ccccc4n3)cc2)(c2ccc(OCc3ccc4ccccc4n3)cc2)CC1)C(=O)O.[Na]. The number of carboxylic acids is 1. The molecule has 9 heteroatoms. The van der Waals surface area contributed by atoms with Crippen LogP contribution in [0.15, 0.2) is 126 Å². The zero-order chi connectivity index (χ0) is 33.6. The first kappa shape index (κ1) is 35.1. The molecular formula is C41H37N3NaO5. The Kier molecular flexibility index (Phi) is 11.1. The topological polar surface area (TPSA) is 103 Å². The van der Waals surface area contributed by atoms with Crippen LogP contribution < -0.4 is 9.47 Å². The van der Waals surface area contributed by atoms with Crippen molar-refractivity contribution in [2.24, 2.45) is 5.16 Å². The van der Waals surface area contributed by atoms with E-state index in [1.807, 2.05) is 72.8 Å². The van der Waals surface area contributed by atoms with Crippen molar-refractivity contribution in [2.75, 3.05) is 0 Å². The average Bonchev–Trinajstić information content (AvgIpc) is 3.15. The van der Waals surface area contributed by atoms with E-state index in [4.69, 9.17) is 24.3 Å². The number of nitrogens with zero attached hydrogens (tertiary/aromatic N) is 3. The van der Waals surface area contributed by atoms with Crippen LogP contribution in [0.2, 0.25) is 0 Å². The molecule has 2 aromatic heterocycles. The van der Waals surface area contributed by atoms with Crippen LogP contribution in [0.5, 0.6) is 11.5 Å². The van der Waals surface area contributed by atoms with Gasteiger partial charge in [0.15, 0.2) is 5.71 Å². The number of aromatic nitrogens is 2. The second-order valence-corrected chi connectivity index (χ2v) is 12.5. The summed E-state index contributed by atoms with van der Waals surface area (Å²) in [5, 5.41) is 15.3. The van der Waals surface area contributed by atoms with Crippen LogP contribution in [0.1, 0.15) is 55.1 Å². The molecule has 1 fully saturated rings. The molecule has 1 aliphatic carbocycles. The van der Waals surface area contributed by atoms with Gasteiger partial charge in [-0.2, -0.15) is 0 Å². The molecule has 50 heavy (non-hydrogen) atoms. The summed E-state index contributed by atoms with van der Waals surface area (Å²) in [6, 6.07) is 40.9. The van der Waals surface area contributed by atoms with Crippen LogP contribution >= 0.6 is 0 Å². The molecule has 1 aliphatic rings. The van der Waals surface area contributed by atoms with Gasteiger partial charge >= 0.3 is 5.97 Å². The van der Waals surface area contributed by atoms with E-state index < -0.39 is 5.97 Å². The third kappa shape index (κ3) is 7.99. The van der Waals surface area contributed by atoms with Gasteiger partial charge in [0.1, 0.15) is 30.8 Å². The Bertz CT molecular complexity index is 1980. The summed E-state index contributed by atoms with van der Waals surface area (Å²) in [5.41, 5.74) is 5.68. The van der Waals surface area contributed by atoms with E-state index >= 15 is 0 Å². The molecule has 247 valence electrons. The summed E-state index contributed by atoms with van der Waals surface area (Å²) >= 11 is 0. The first-order valence-electron chi connectivity index (χ1n) is 16.5. The predicted octanol–water partition coefficient (Wildman–Crippen LogP) is 8.27. The van der Waals surface area contributed by atoms with Crippen LogP contribution in [0.25, 0.3) is 21.8 Å². The number of carboxylic acid groups (broad SMARTS) is 1. The number of fused-ring (bicyclic) bond motifs is 2. The third-order valence-electron chi connectivity index (χ3n) is 9.33. The van der Waals surface area contributed by atoms with E-state index in [0.29, 0.717) is 13.2 Å². The minimum atomic E-state index is -1.08. The summed E-state index contributed by atoms with van der Waals surface area (Å²) in [6.45, 7) is 2.19. The molecule has 0 amide bonds. The molecule has 0 aliphatic heterocycles. The number of pyridine rings is 2. The molecule has 0 saturated heterocycles. The van der Waals surface area contributed by atoms with E-state index in [0.717, 1.165) is 70.4 Å². The van der Waals surface area contributed by atoms with Crippen LogP contribution in [0.3, 0.4) is 0 Å². The minimum Gasteiger partial charge on any atom is -0.487 e. The number of para-hydroxylation sites is 2. The molecule has 0 atom stereocenters. The predicted molar refractivity (Wildman–Crippen MR) is 196 cm³/mol. The molecule has 6 aromatic rings. The molecule has 2 heterocycles. The number of ether oxygens (including phenoxy) is 2. The van der Waals surface area contributed by atoms with Crippen molar-refractivity contribution >= 4 is 63.0 Å². The van der Waals surface area contributed by atoms with Crippen molar-refractivity contribution in [2.45, 2.75) is 57.3 Å². The number of hydrogen-bond donors (Lipinski definition) is 1. The fourth-order valence-corrected chi connectivity index (χ4v) is 6.56. The van der Waals surface area contributed by atoms with E-state index in [2.05, 4.69) is 53.7 Å². The van der Waals surface area contributed by atoms with Crippen molar-refractivity contribution in [1.82, 2.24) is 9.97 Å². The van der Waals surface area contributed by atoms with Gasteiger partial charge < -0.3 is 19.4 Å². The number of carbonyl (C=O) groups is 1. The molecule has 4 aromatic carbocycles. The van der Waals surface area contributed by atoms with E-state index in [-0.39, 0.29) is 46.8 Å². The van der Waals surface area contributed by atoms with Crippen LogP contribution in [0, 0.1) is 0 Å². The van der Waals surface area contributed by atoms with Crippen LogP contribution in [-0.2, 0) is 28.3 Å². The summed E-state index contributed by atoms with van der Waals surface area (Å²) in [5.74, 6) is 0.466. The fourth-order valence-electron chi connectivity index (χ4n) is 6.56. The Morgan fingerprint density at radius 2 is 1.16 bits per heavy atom. The van der Waals surface area contributed by atoms with Gasteiger partial charge in [-0.25, -0.2) is 14.8 Å². The second kappa shape index (κ2) is 15.9. The average molecular weight is 675 g/mol. The Balaban J connectivity index is 0.00000432. The van der Waals surface area contributed by atoms with Gasteiger partial charge in [0, 0.05) is 45.7 Å². The number of benzene rings is 4. The maximum Gasteiger partial charge on any atom is 0.353 e. The Morgan fingerprint density at radius 3 is 1.62 bits per heavy atom. The first-order valence-corrected chi connectivity index (χ1v) is 16.5. The van der Waals surface area contributed by atoms with Crippen LogP contribution in [-0.4, -0.2) is 62.4 Å². The molecule has 0 bridgehead atoms. The molecule has 0 unspecified atom stereocenters. The van der Waals surface area contributed by atoms with E-state index in [9.17, 15) is 9.90 Å². The zero-order valence-electron chi connectivity index (χ0n) is 28.3. The van der Waals surface area contributed by atoms with Gasteiger partial charge in [-0.15, -0.1) is 0 Å². The second-order valence-electron chi connectivity index (χ2n) is 12.5. The van der Waals surface area contributed by atoms with Crippen molar-refractivity contribution < 1.29 is 24.2 Å². The van der Waals surface area contributed by atoms with E-state index in [1.165, 1.54) is 18.1 Å². The number of oxime groups is 1. The fraction of sp³-hybridized carbons (Fsp3) is 0.220. The van der Waals surface area contributed by atoms with Crippen molar-refractivity contribution in [3.05, 3.63) is 144 Å². The Hall–Kier alpha value is -4.76. The zero-order valence-corrected chi connectivity index (χ0v) is 30.3. The molecule has 1 radical (unpaired) electrons. The summed E-state index contributed by atoms with van der Waals surface area (Å²) in [6.07, 6.45) is 2.92. The van der Waals surface area contributed by atoms with Gasteiger partial charge in [0.25, 0.3) is 0 Å². The summed E-state index contributed by atoms with van der Waals surface area (Å²) < 4.78 is 12.3. The van der Waals surface area contributed by atoms with Gasteiger partial charge in [-0.1, -0.05) is 78.0 Å². The van der Waals surface area contributed by atoms with Gasteiger partial charge in [0.05, 0.1) is 22.4 Å². The maximum atomic E-state index is 11.2. The largest absolute Gasteiger partial charge is 0.487 e. The maximum absolute atomic E-state index is 11.2. The van der Waals surface area contributed by atoms with E-state index in [1.54, 1.807) is 0 Å². The smallest absolute Gasteiger partial charge is 0.353 e.